The van der Waals surface area contributed by atoms with Crippen molar-refractivity contribution in [2.75, 3.05) is 5.32 Å². The fourth-order valence-corrected chi connectivity index (χ4v) is 3.11. The van der Waals surface area contributed by atoms with Gasteiger partial charge in [-0.1, -0.05) is 18.6 Å². The fraction of sp³-hybridized carbons (Fsp3) is 0.533. The lowest BCUT2D eigenvalue weighted by Crippen LogP contribution is -2.42. The van der Waals surface area contributed by atoms with Crippen LogP contribution in [0.15, 0.2) is 24.3 Å². The highest BCUT2D eigenvalue weighted by molar-refractivity contribution is 5.85. The predicted octanol–water partition coefficient (Wildman–Crippen LogP) is 3.22. The smallest absolute Gasteiger partial charge is 0.223 e. The van der Waals surface area contributed by atoms with Gasteiger partial charge in [0.05, 0.1) is 11.3 Å². The predicted molar refractivity (Wildman–Crippen MR) is 71.8 cm³/mol. The van der Waals surface area contributed by atoms with Crippen molar-refractivity contribution in [1.82, 2.24) is 0 Å². The Bertz CT molecular complexity index is 430. The van der Waals surface area contributed by atoms with E-state index in [9.17, 15) is 0 Å². The van der Waals surface area contributed by atoms with Crippen LogP contribution in [0.25, 0.3) is 0 Å². The van der Waals surface area contributed by atoms with Crippen LogP contribution in [0.5, 0.6) is 0 Å². The van der Waals surface area contributed by atoms with Gasteiger partial charge in [-0.3, -0.25) is 0 Å². The SMILES string of the molecule is CC1Nc2ccccc2C=[N+]1C1CCCCC1. The molecule has 1 fully saturated rings. The summed E-state index contributed by atoms with van der Waals surface area (Å²) in [6, 6.07) is 9.32. The number of nitrogens with zero attached hydrogens (tertiary/aromatic N) is 1. The van der Waals surface area contributed by atoms with Gasteiger partial charge < -0.3 is 5.32 Å². The van der Waals surface area contributed by atoms with Gasteiger partial charge in [0.25, 0.3) is 0 Å². The van der Waals surface area contributed by atoms with Crippen LogP contribution in [0.2, 0.25) is 0 Å². The van der Waals surface area contributed by atoms with Crippen molar-refractivity contribution in [3.63, 3.8) is 0 Å². The molecule has 1 unspecified atom stereocenters. The summed E-state index contributed by atoms with van der Waals surface area (Å²) in [7, 11) is 0. The molecule has 17 heavy (non-hydrogen) atoms. The van der Waals surface area contributed by atoms with Gasteiger partial charge in [0, 0.05) is 19.8 Å². The molecule has 1 aliphatic heterocycles. The van der Waals surface area contributed by atoms with Crippen LogP contribution in [0, 0.1) is 0 Å². The summed E-state index contributed by atoms with van der Waals surface area (Å²) in [5, 5.41) is 3.60. The second-order valence-electron chi connectivity index (χ2n) is 5.28. The maximum Gasteiger partial charge on any atom is 0.223 e. The Morgan fingerprint density at radius 3 is 2.71 bits per heavy atom. The van der Waals surface area contributed by atoms with Crippen molar-refractivity contribution < 1.29 is 4.58 Å². The van der Waals surface area contributed by atoms with E-state index >= 15 is 0 Å². The summed E-state index contributed by atoms with van der Waals surface area (Å²) in [6.07, 6.45) is 9.69. The number of anilines is 1. The molecule has 1 saturated carbocycles. The van der Waals surface area contributed by atoms with Crippen LogP contribution in [-0.2, 0) is 0 Å². The second-order valence-corrected chi connectivity index (χ2v) is 5.28. The van der Waals surface area contributed by atoms with E-state index in [-0.39, 0.29) is 0 Å². The van der Waals surface area contributed by atoms with Gasteiger partial charge in [-0.05, 0) is 25.0 Å². The number of rotatable bonds is 1. The molecular weight excluding hydrogens is 208 g/mol. The van der Waals surface area contributed by atoms with Gasteiger partial charge in [-0.15, -0.1) is 0 Å². The Kier molecular flexibility index (Phi) is 2.87. The normalized spacial score (nSPS) is 24.8. The number of para-hydroxylation sites is 1. The first-order valence-corrected chi connectivity index (χ1v) is 6.82. The van der Waals surface area contributed by atoms with E-state index in [0.29, 0.717) is 6.17 Å². The van der Waals surface area contributed by atoms with Gasteiger partial charge in [0.15, 0.2) is 12.3 Å². The highest BCUT2D eigenvalue weighted by Gasteiger charge is 2.30. The maximum atomic E-state index is 3.60. The number of hydrogen-bond acceptors (Lipinski definition) is 1. The topological polar surface area (TPSA) is 15.0 Å². The molecule has 0 amide bonds. The Balaban J connectivity index is 1.91. The lowest BCUT2D eigenvalue weighted by atomic mass is 9.94. The standard InChI is InChI=1S/C15H20N2/c1-12-16-15-10-6-5-7-13(15)11-17(12)14-8-3-2-4-9-14/h5-7,10-12,14H,2-4,8-9H2,1H3/p+1. The first-order valence-electron chi connectivity index (χ1n) is 6.82. The van der Waals surface area contributed by atoms with Gasteiger partial charge in [-0.25, -0.2) is 4.58 Å². The Labute approximate surface area is 103 Å². The Morgan fingerprint density at radius 1 is 1.12 bits per heavy atom. The van der Waals surface area contributed by atoms with E-state index in [1.165, 1.54) is 43.4 Å². The van der Waals surface area contributed by atoms with Crippen LogP contribution >= 0.6 is 0 Å². The molecule has 1 atom stereocenters. The average molecular weight is 229 g/mol. The molecule has 2 nitrogen and oxygen atoms in total. The molecule has 3 rings (SSSR count). The van der Waals surface area contributed by atoms with E-state index in [2.05, 4.69) is 47.3 Å². The van der Waals surface area contributed by atoms with Gasteiger partial charge in [-0.2, -0.15) is 0 Å². The summed E-state index contributed by atoms with van der Waals surface area (Å²) in [5.41, 5.74) is 2.60. The molecule has 90 valence electrons. The summed E-state index contributed by atoms with van der Waals surface area (Å²) in [4.78, 5) is 0. The highest BCUT2D eigenvalue weighted by atomic mass is 15.2. The largest absolute Gasteiger partial charge is 0.328 e. The van der Waals surface area contributed by atoms with Crippen molar-refractivity contribution >= 4 is 11.9 Å². The van der Waals surface area contributed by atoms with Crippen LogP contribution < -0.4 is 5.32 Å². The van der Waals surface area contributed by atoms with Crippen molar-refractivity contribution in [1.29, 1.82) is 0 Å². The summed E-state index contributed by atoms with van der Waals surface area (Å²) in [6.45, 7) is 2.26. The second kappa shape index (κ2) is 4.52. The van der Waals surface area contributed by atoms with Crippen LogP contribution in [0.4, 0.5) is 5.69 Å². The van der Waals surface area contributed by atoms with Crippen LogP contribution in [0.1, 0.15) is 44.6 Å². The first-order chi connectivity index (χ1) is 8.34. The lowest BCUT2D eigenvalue weighted by molar-refractivity contribution is -0.592. The lowest BCUT2D eigenvalue weighted by Gasteiger charge is -2.28. The minimum absolute atomic E-state index is 0.424. The molecule has 1 aromatic carbocycles. The molecule has 0 saturated heterocycles. The summed E-state index contributed by atoms with van der Waals surface area (Å²) < 4.78 is 2.53. The average Bonchev–Trinajstić information content (AvgIpc) is 2.39. The molecule has 0 spiro atoms. The molecule has 1 N–H and O–H groups in total. The van der Waals surface area contributed by atoms with Crippen molar-refractivity contribution in [2.45, 2.75) is 51.2 Å². The van der Waals surface area contributed by atoms with E-state index in [1.54, 1.807) is 0 Å². The zero-order valence-corrected chi connectivity index (χ0v) is 10.5. The van der Waals surface area contributed by atoms with E-state index in [1.807, 2.05) is 0 Å². The van der Waals surface area contributed by atoms with Gasteiger partial charge in [0.1, 0.15) is 0 Å². The third-order valence-electron chi connectivity index (χ3n) is 4.06. The maximum absolute atomic E-state index is 3.60. The molecule has 1 aromatic rings. The number of fused-ring (bicyclic) bond motifs is 1. The van der Waals surface area contributed by atoms with Crippen LogP contribution in [-0.4, -0.2) is 23.0 Å². The van der Waals surface area contributed by atoms with Gasteiger partial charge >= 0.3 is 0 Å². The van der Waals surface area contributed by atoms with E-state index in [0.717, 1.165) is 6.04 Å². The molecule has 0 bridgehead atoms. The van der Waals surface area contributed by atoms with E-state index in [4.69, 9.17) is 0 Å². The van der Waals surface area contributed by atoms with E-state index < -0.39 is 0 Å². The first kappa shape index (κ1) is 10.8. The molecular formula is C15H21N2+. The summed E-state index contributed by atoms with van der Waals surface area (Å²) >= 11 is 0. The zero-order valence-electron chi connectivity index (χ0n) is 10.5. The molecule has 1 heterocycles. The Morgan fingerprint density at radius 2 is 1.88 bits per heavy atom. The number of nitrogens with one attached hydrogen (secondary N) is 1. The van der Waals surface area contributed by atoms with Gasteiger partial charge in [0.2, 0.25) is 6.17 Å². The zero-order chi connectivity index (χ0) is 11.7. The minimum Gasteiger partial charge on any atom is -0.328 e. The number of hydrogen-bond donors (Lipinski definition) is 1. The summed E-state index contributed by atoms with van der Waals surface area (Å²) in [5.74, 6) is 0. The quantitative estimate of drug-likeness (QED) is 0.731. The van der Waals surface area contributed by atoms with Crippen LogP contribution in [0.3, 0.4) is 0 Å². The fourth-order valence-electron chi connectivity index (χ4n) is 3.11. The van der Waals surface area contributed by atoms with Crippen molar-refractivity contribution in [2.24, 2.45) is 0 Å². The molecule has 0 aromatic heterocycles. The molecule has 2 aliphatic rings. The third-order valence-corrected chi connectivity index (χ3v) is 4.06. The third kappa shape index (κ3) is 2.08. The number of benzene rings is 1. The molecule has 1 aliphatic carbocycles. The van der Waals surface area contributed by atoms with Crippen molar-refractivity contribution in [3.05, 3.63) is 29.8 Å². The molecule has 2 heteroatoms. The Hall–Kier alpha value is -1.31. The van der Waals surface area contributed by atoms with Crippen molar-refractivity contribution in [3.8, 4) is 0 Å². The highest BCUT2D eigenvalue weighted by Crippen LogP contribution is 2.25. The molecule has 0 radical (unpaired) electrons. The minimum atomic E-state index is 0.424. The monoisotopic (exact) mass is 229 g/mol.